The molecule has 2 N–H and O–H groups in total. The topological polar surface area (TPSA) is 61.4 Å². The molecule has 0 aliphatic heterocycles. The number of hydrogen-bond acceptors (Lipinski definition) is 3. The van der Waals surface area contributed by atoms with Gasteiger partial charge in [-0.15, -0.1) is 0 Å². The lowest BCUT2D eigenvalue weighted by molar-refractivity contribution is 0.436. The van der Waals surface area contributed by atoms with E-state index in [0.717, 1.165) is 32.4 Å². The maximum absolute atomic E-state index is 11.9. The van der Waals surface area contributed by atoms with Crippen molar-refractivity contribution in [1.82, 2.24) is 14.3 Å². The summed E-state index contributed by atoms with van der Waals surface area (Å²) < 4.78 is 27.8. The lowest BCUT2D eigenvalue weighted by atomic mass is 10.1. The summed E-state index contributed by atoms with van der Waals surface area (Å²) in [6.07, 6.45) is 2.92. The lowest BCUT2D eigenvalue weighted by Crippen LogP contribution is -2.41. The molecule has 0 radical (unpaired) electrons. The summed E-state index contributed by atoms with van der Waals surface area (Å²) in [7, 11) is -1.68. The van der Waals surface area contributed by atoms with Gasteiger partial charge in [0.1, 0.15) is 0 Å². The minimum atomic E-state index is -3.30. The lowest BCUT2D eigenvalue weighted by Gasteiger charge is -2.19. The van der Waals surface area contributed by atoms with Crippen LogP contribution in [0.2, 0.25) is 0 Å². The first-order chi connectivity index (χ1) is 8.44. The first-order valence-corrected chi connectivity index (χ1v) is 8.29. The van der Waals surface area contributed by atoms with Crippen LogP contribution in [0.1, 0.15) is 40.0 Å². The number of rotatable bonds is 11. The molecule has 1 unspecified atom stereocenters. The molecular weight excluding hydrogens is 250 g/mol. The zero-order valence-electron chi connectivity index (χ0n) is 12.2. The van der Waals surface area contributed by atoms with Crippen LogP contribution in [-0.2, 0) is 10.2 Å². The van der Waals surface area contributed by atoms with Gasteiger partial charge in [0.05, 0.1) is 0 Å². The van der Waals surface area contributed by atoms with E-state index in [-0.39, 0.29) is 0 Å². The molecule has 0 amide bonds. The van der Waals surface area contributed by atoms with Crippen LogP contribution >= 0.6 is 0 Å². The van der Waals surface area contributed by atoms with Crippen molar-refractivity contribution in [1.29, 1.82) is 0 Å². The van der Waals surface area contributed by atoms with E-state index in [2.05, 4.69) is 23.9 Å². The first-order valence-electron chi connectivity index (χ1n) is 6.85. The van der Waals surface area contributed by atoms with Crippen LogP contribution in [0.5, 0.6) is 0 Å². The Balaban J connectivity index is 3.88. The Labute approximate surface area is 113 Å². The van der Waals surface area contributed by atoms with Gasteiger partial charge in [0.2, 0.25) is 0 Å². The van der Waals surface area contributed by atoms with Gasteiger partial charge in [0.25, 0.3) is 10.2 Å². The van der Waals surface area contributed by atoms with Crippen LogP contribution in [0.3, 0.4) is 0 Å². The van der Waals surface area contributed by atoms with E-state index in [1.807, 2.05) is 6.92 Å². The Morgan fingerprint density at radius 3 is 2.44 bits per heavy atom. The first kappa shape index (κ1) is 17.8. The minimum absolute atomic E-state index is 0.374. The predicted octanol–water partition coefficient (Wildman–Crippen LogP) is 1.19. The second-order valence-electron chi connectivity index (χ2n) is 4.79. The Kier molecular flexibility index (Phi) is 9.63. The van der Waals surface area contributed by atoms with Crippen LogP contribution in [0, 0.1) is 5.92 Å². The quantitative estimate of drug-likeness (QED) is 0.559. The third kappa shape index (κ3) is 8.02. The molecule has 0 aromatic carbocycles. The highest BCUT2D eigenvalue weighted by molar-refractivity contribution is 7.87. The summed E-state index contributed by atoms with van der Waals surface area (Å²) in [6.45, 7) is 9.12. The molecule has 5 nitrogen and oxygen atoms in total. The van der Waals surface area contributed by atoms with Gasteiger partial charge in [-0.05, 0) is 31.8 Å². The molecule has 0 spiro atoms. The van der Waals surface area contributed by atoms with Gasteiger partial charge in [0.15, 0.2) is 0 Å². The van der Waals surface area contributed by atoms with Gasteiger partial charge in [-0.1, -0.05) is 27.2 Å². The van der Waals surface area contributed by atoms with E-state index >= 15 is 0 Å². The number of hydrogen-bond donors (Lipinski definition) is 2. The smallest absolute Gasteiger partial charge is 0.279 e. The van der Waals surface area contributed by atoms with Crippen molar-refractivity contribution >= 4 is 10.2 Å². The average Bonchev–Trinajstić information content (AvgIpc) is 2.35. The van der Waals surface area contributed by atoms with E-state index < -0.39 is 10.2 Å². The average molecular weight is 279 g/mol. The Morgan fingerprint density at radius 1 is 1.22 bits per heavy atom. The van der Waals surface area contributed by atoms with E-state index in [4.69, 9.17) is 0 Å². The van der Waals surface area contributed by atoms with Crippen molar-refractivity contribution < 1.29 is 8.42 Å². The maximum Gasteiger partial charge on any atom is 0.279 e. The largest absolute Gasteiger partial charge is 0.317 e. The monoisotopic (exact) mass is 279 g/mol. The van der Waals surface area contributed by atoms with E-state index in [1.165, 1.54) is 4.31 Å². The summed E-state index contributed by atoms with van der Waals surface area (Å²) >= 11 is 0. The molecule has 18 heavy (non-hydrogen) atoms. The molecule has 0 saturated heterocycles. The summed E-state index contributed by atoms with van der Waals surface area (Å²) in [5.74, 6) is 0.374. The highest BCUT2D eigenvalue weighted by Gasteiger charge is 2.17. The summed E-state index contributed by atoms with van der Waals surface area (Å²) in [6, 6.07) is 0. The summed E-state index contributed by atoms with van der Waals surface area (Å²) in [4.78, 5) is 0. The number of nitrogens with zero attached hydrogens (tertiary/aromatic N) is 1. The van der Waals surface area contributed by atoms with Gasteiger partial charge >= 0.3 is 0 Å². The highest BCUT2D eigenvalue weighted by atomic mass is 32.2. The third-order valence-electron chi connectivity index (χ3n) is 2.97. The Bertz CT molecular complexity index is 294. The summed E-state index contributed by atoms with van der Waals surface area (Å²) in [5, 5.41) is 3.26. The Hall–Kier alpha value is -0.170. The van der Waals surface area contributed by atoms with Crippen molar-refractivity contribution in [3.05, 3.63) is 0 Å². The molecule has 0 aromatic rings. The van der Waals surface area contributed by atoms with Crippen molar-refractivity contribution in [2.75, 3.05) is 33.2 Å². The second kappa shape index (κ2) is 9.72. The van der Waals surface area contributed by atoms with Crippen LogP contribution < -0.4 is 10.0 Å². The van der Waals surface area contributed by atoms with Crippen LogP contribution in [0.25, 0.3) is 0 Å². The Morgan fingerprint density at radius 2 is 1.89 bits per heavy atom. The zero-order valence-corrected chi connectivity index (χ0v) is 13.0. The van der Waals surface area contributed by atoms with Gasteiger partial charge in [0, 0.05) is 20.1 Å². The maximum atomic E-state index is 11.9. The molecule has 0 heterocycles. The molecule has 6 heteroatoms. The standard InChI is InChI=1S/C12H29N3O2S/c1-5-8-13-9-7-10-15(4)18(16,17)14-11-12(3)6-2/h12-14H,5-11H2,1-4H3. The van der Waals surface area contributed by atoms with E-state index in [1.54, 1.807) is 7.05 Å². The molecule has 0 aliphatic carbocycles. The SMILES string of the molecule is CCCNCCCN(C)S(=O)(=O)NCC(C)CC. The van der Waals surface area contributed by atoms with E-state index in [9.17, 15) is 8.42 Å². The minimum Gasteiger partial charge on any atom is -0.317 e. The van der Waals surface area contributed by atoms with Gasteiger partial charge < -0.3 is 5.32 Å². The van der Waals surface area contributed by atoms with Gasteiger partial charge in [-0.3, -0.25) is 0 Å². The third-order valence-corrected chi connectivity index (χ3v) is 4.51. The number of nitrogens with one attached hydrogen (secondary N) is 2. The highest BCUT2D eigenvalue weighted by Crippen LogP contribution is 2.01. The van der Waals surface area contributed by atoms with Crippen molar-refractivity contribution in [2.24, 2.45) is 5.92 Å². The normalized spacial score (nSPS) is 14.1. The van der Waals surface area contributed by atoms with Gasteiger partial charge in [-0.25, -0.2) is 4.72 Å². The molecular formula is C12H29N3O2S. The molecule has 0 saturated carbocycles. The molecule has 0 aromatic heterocycles. The fourth-order valence-electron chi connectivity index (χ4n) is 1.35. The fourth-order valence-corrected chi connectivity index (χ4v) is 2.44. The van der Waals surface area contributed by atoms with Crippen molar-refractivity contribution in [2.45, 2.75) is 40.0 Å². The predicted molar refractivity (Wildman–Crippen MR) is 76.8 cm³/mol. The molecule has 0 bridgehead atoms. The molecule has 0 fully saturated rings. The molecule has 0 rings (SSSR count). The molecule has 0 aliphatic rings. The second-order valence-corrected chi connectivity index (χ2v) is 6.65. The summed E-state index contributed by atoms with van der Waals surface area (Å²) in [5.41, 5.74) is 0. The van der Waals surface area contributed by atoms with Gasteiger partial charge in [-0.2, -0.15) is 12.7 Å². The molecule has 110 valence electrons. The van der Waals surface area contributed by atoms with Crippen LogP contribution in [0.4, 0.5) is 0 Å². The van der Waals surface area contributed by atoms with Crippen LogP contribution in [-0.4, -0.2) is 45.9 Å². The molecule has 1 atom stereocenters. The fraction of sp³-hybridized carbons (Fsp3) is 1.00. The van der Waals surface area contributed by atoms with Crippen LogP contribution in [0.15, 0.2) is 0 Å². The zero-order chi connectivity index (χ0) is 14.0. The van der Waals surface area contributed by atoms with E-state index in [0.29, 0.717) is 19.0 Å². The van der Waals surface area contributed by atoms with Crippen molar-refractivity contribution in [3.63, 3.8) is 0 Å². The van der Waals surface area contributed by atoms with Crippen molar-refractivity contribution in [3.8, 4) is 0 Å².